The Labute approximate surface area is 158 Å². The normalized spacial score (nSPS) is 13.7. The first-order valence-electron chi connectivity index (χ1n) is 8.67. The van der Waals surface area contributed by atoms with Crippen molar-refractivity contribution in [3.63, 3.8) is 0 Å². The Morgan fingerprint density at radius 2 is 1.78 bits per heavy atom. The predicted octanol–water partition coefficient (Wildman–Crippen LogP) is 2.93. The number of rotatable bonds is 4. The van der Waals surface area contributed by atoms with Gasteiger partial charge in [-0.05, 0) is 30.3 Å². The Kier molecular flexibility index (Phi) is 5.67. The zero-order valence-electron chi connectivity index (χ0n) is 15.4. The molecule has 0 aliphatic carbocycles. The van der Waals surface area contributed by atoms with Crippen LogP contribution in [-0.4, -0.2) is 51.3 Å². The molecule has 140 valence electrons. The third kappa shape index (κ3) is 4.23. The number of benzene rings is 2. The second-order valence-electron chi connectivity index (χ2n) is 6.14. The van der Waals surface area contributed by atoms with Crippen molar-refractivity contribution in [2.75, 3.05) is 50.6 Å². The molecule has 0 spiro atoms. The van der Waals surface area contributed by atoms with Crippen molar-refractivity contribution in [2.24, 2.45) is 0 Å². The summed E-state index contributed by atoms with van der Waals surface area (Å²) < 4.78 is 10.5. The molecule has 2 amide bonds. The van der Waals surface area contributed by atoms with Gasteiger partial charge in [0.15, 0.2) is 11.5 Å². The largest absolute Gasteiger partial charge is 0.493 e. The lowest BCUT2D eigenvalue weighted by molar-refractivity contribution is 0.208. The van der Waals surface area contributed by atoms with Gasteiger partial charge in [-0.1, -0.05) is 6.07 Å². The number of anilines is 2. The lowest BCUT2D eigenvalue weighted by Crippen LogP contribution is -2.50. The minimum absolute atomic E-state index is 0.146. The highest BCUT2D eigenvalue weighted by molar-refractivity contribution is 5.90. The molecule has 1 aliphatic rings. The van der Waals surface area contributed by atoms with Gasteiger partial charge < -0.3 is 24.6 Å². The van der Waals surface area contributed by atoms with E-state index in [9.17, 15) is 4.79 Å². The summed E-state index contributed by atoms with van der Waals surface area (Å²) in [7, 11) is 3.13. The van der Waals surface area contributed by atoms with Crippen LogP contribution in [0, 0.1) is 11.3 Å². The van der Waals surface area contributed by atoms with E-state index in [1.54, 1.807) is 43.4 Å². The molecular weight excluding hydrogens is 344 g/mol. The van der Waals surface area contributed by atoms with Gasteiger partial charge in [-0.25, -0.2) is 4.79 Å². The Bertz CT molecular complexity index is 855. The monoisotopic (exact) mass is 366 g/mol. The van der Waals surface area contributed by atoms with Crippen LogP contribution in [0.4, 0.5) is 16.2 Å². The maximum atomic E-state index is 12.5. The Morgan fingerprint density at radius 1 is 1.04 bits per heavy atom. The molecule has 0 aromatic heterocycles. The van der Waals surface area contributed by atoms with Crippen LogP contribution < -0.4 is 19.7 Å². The van der Waals surface area contributed by atoms with Gasteiger partial charge >= 0.3 is 6.03 Å². The molecule has 2 aromatic carbocycles. The average molecular weight is 366 g/mol. The highest BCUT2D eigenvalue weighted by Crippen LogP contribution is 2.30. The number of hydrogen-bond donors (Lipinski definition) is 1. The SMILES string of the molecule is COc1ccc(NC(=O)N2CCN(c3cccc(C#N)c3)CC2)cc1OC. The van der Waals surface area contributed by atoms with Crippen molar-refractivity contribution in [1.29, 1.82) is 5.26 Å². The van der Waals surface area contributed by atoms with E-state index < -0.39 is 0 Å². The van der Waals surface area contributed by atoms with Crippen molar-refractivity contribution >= 4 is 17.4 Å². The molecule has 0 saturated carbocycles. The van der Waals surface area contributed by atoms with Gasteiger partial charge in [0.25, 0.3) is 0 Å². The molecule has 0 unspecified atom stereocenters. The highest BCUT2D eigenvalue weighted by atomic mass is 16.5. The van der Waals surface area contributed by atoms with Crippen molar-refractivity contribution < 1.29 is 14.3 Å². The van der Waals surface area contributed by atoms with Crippen molar-refractivity contribution in [2.45, 2.75) is 0 Å². The summed E-state index contributed by atoms with van der Waals surface area (Å²) in [5.74, 6) is 1.18. The highest BCUT2D eigenvalue weighted by Gasteiger charge is 2.21. The summed E-state index contributed by atoms with van der Waals surface area (Å²) in [5, 5.41) is 11.9. The van der Waals surface area contributed by atoms with E-state index in [1.165, 1.54) is 0 Å². The minimum Gasteiger partial charge on any atom is -0.493 e. The van der Waals surface area contributed by atoms with Gasteiger partial charge in [-0.2, -0.15) is 5.26 Å². The lowest BCUT2D eigenvalue weighted by atomic mass is 10.2. The molecule has 0 bridgehead atoms. The van der Waals surface area contributed by atoms with Crippen LogP contribution in [0.15, 0.2) is 42.5 Å². The summed E-state index contributed by atoms with van der Waals surface area (Å²) in [6.45, 7) is 2.65. The summed E-state index contributed by atoms with van der Waals surface area (Å²) in [4.78, 5) is 16.5. The maximum absolute atomic E-state index is 12.5. The van der Waals surface area contributed by atoms with E-state index in [0.29, 0.717) is 48.9 Å². The molecule has 7 nitrogen and oxygen atoms in total. The molecule has 1 aliphatic heterocycles. The van der Waals surface area contributed by atoms with E-state index in [1.807, 2.05) is 18.2 Å². The Morgan fingerprint density at radius 3 is 2.44 bits per heavy atom. The molecule has 0 radical (unpaired) electrons. The molecule has 1 N–H and O–H groups in total. The van der Waals surface area contributed by atoms with Crippen molar-refractivity contribution in [3.8, 4) is 17.6 Å². The van der Waals surface area contributed by atoms with Crippen molar-refractivity contribution in [3.05, 3.63) is 48.0 Å². The first-order valence-corrected chi connectivity index (χ1v) is 8.67. The van der Waals surface area contributed by atoms with Gasteiger partial charge in [0.2, 0.25) is 0 Å². The first kappa shape index (κ1) is 18.4. The number of methoxy groups -OCH3 is 2. The number of carbonyl (C=O) groups is 1. The number of nitrogens with one attached hydrogen (secondary N) is 1. The molecule has 27 heavy (non-hydrogen) atoms. The van der Waals surface area contributed by atoms with Crippen LogP contribution in [0.3, 0.4) is 0 Å². The van der Waals surface area contributed by atoms with Crippen LogP contribution in [-0.2, 0) is 0 Å². The predicted molar refractivity (Wildman–Crippen MR) is 104 cm³/mol. The number of amides is 2. The number of hydrogen-bond acceptors (Lipinski definition) is 5. The number of carbonyl (C=O) groups excluding carboxylic acids is 1. The number of nitrogens with zero attached hydrogens (tertiary/aromatic N) is 3. The van der Waals surface area contributed by atoms with Crippen LogP contribution in [0.5, 0.6) is 11.5 Å². The zero-order chi connectivity index (χ0) is 19.2. The summed E-state index contributed by atoms with van der Waals surface area (Å²) in [6.07, 6.45) is 0. The van der Waals surface area contributed by atoms with E-state index >= 15 is 0 Å². The van der Waals surface area contributed by atoms with E-state index in [0.717, 1.165) is 5.69 Å². The Balaban J connectivity index is 1.59. The molecule has 2 aromatic rings. The van der Waals surface area contributed by atoms with E-state index in [2.05, 4.69) is 16.3 Å². The van der Waals surface area contributed by atoms with Crippen LogP contribution >= 0.6 is 0 Å². The van der Waals surface area contributed by atoms with Gasteiger partial charge in [-0.15, -0.1) is 0 Å². The quantitative estimate of drug-likeness (QED) is 0.900. The van der Waals surface area contributed by atoms with E-state index in [-0.39, 0.29) is 6.03 Å². The fraction of sp³-hybridized carbons (Fsp3) is 0.300. The topological polar surface area (TPSA) is 77.8 Å². The molecule has 3 rings (SSSR count). The number of piperazine rings is 1. The molecular formula is C20H22N4O3. The summed E-state index contributed by atoms with van der Waals surface area (Å²) >= 11 is 0. The van der Waals surface area contributed by atoms with Crippen LogP contribution in [0.1, 0.15) is 5.56 Å². The fourth-order valence-corrected chi connectivity index (χ4v) is 3.06. The van der Waals surface area contributed by atoms with Gasteiger partial charge in [-0.3, -0.25) is 0 Å². The summed E-state index contributed by atoms with van der Waals surface area (Å²) in [5.41, 5.74) is 2.30. The maximum Gasteiger partial charge on any atom is 0.321 e. The average Bonchev–Trinajstić information content (AvgIpc) is 2.73. The molecule has 1 saturated heterocycles. The standard InChI is InChI=1S/C20H22N4O3/c1-26-18-7-6-16(13-19(18)27-2)22-20(25)24-10-8-23(9-11-24)17-5-3-4-15(12-17)14-21/h3-7,12-13H,8-11H2,1-2H3,(H,22,25). The number of urea groups is 1. The third-order valence-electron chi connectivity index (χ3n) is 4.54. The third-order valence-corrected chi connectivity index (χ3v) is 4.54. The molecule has 7 heteroatoms. The number of ether oxygens (including phenoxy) is 2. The van der Waals surface area contributed by atoms with Crippen LogP contribution in [0.25, 0.3) is 0 Å². The lowest BCUT2D eigenvalue weighted by Gasteiger charge is -2.36. The van der Waals surface area contributed by atoms with Gasteiger partial charge in [0.05, 0.1) is 25.9 Å². The molecule has 1 heterocycles. The van der Waals surface area contributed by atoms with Gasteiger partial charge in [0, 0.05) is 43.6 Å². The molecule has 1 fully saturated rings. The second-order valence-corrected chi connectivity index (χ2v) is 6.14. The Hall–Kier alpha value is -3.40. The van der Waals surface area contributed by atoms with Crippen molar-refractivity contribution in [1.82, 2.24) is 4.90 Å². The first-order chi connectivity index (χ1) is 13.1. The smallest absolute Gasteiger partial charge is 0.321 e. The zero-order valence-corrected chi connectivity index (χ0v) is 15.4. The van der Waals surface area contributed by atoms with E-state index in [4.69, 9.17) is 14.7 Å². The minimum atomic E-state index is -0.146. The van der Waals surface area contributed by atoms with Crippen LogP contribution in [0.2, 0.25) is 0 Å². The second kappa shape index (κ2) is 8.32. The summed E-state index contributed by atoms with van der Waals surface area (Å²) in [6, 6.07) is 14.8. The van der Waals surface area contributed by atoms with Gasteiger partial charge in [0.1, 0.15) is 0 Å². The number of nitriles is 1. The fourth-order valence-electron chi connectivity index (χ4n) is 3.06. The molecule has 0 atom stereocenters.